The largest absolute Gasteiger partial charge is 0.396 e. The maximum Gasteiger partial charge on any atom is 0.0431 e. The second kappa shape index (κ2) is 18.8. The molecule has 174 valence electrons. The minimum Gasteiger partial charge on any atom is -0.396 e. The fourth-order valence-corrected chi connectivity index (χ4v) is 4.14. The monoisotopic (exact) mass is 422 g/mol. The van der Waals surface area contributed by atoms with Crippen LogP contribution in [0.5, 0.6) is 0 Å². The summed E-state index contributed by atoms with van der Waals surface area (Å²) < 4.78 is 0. The van der Waals surface area contributed by atoms with Gasteiger partial charge in [-0.15, -0.1) is 0 Å². The smallest absolute Gasteiger partial charge is 0.0431 e. The Bertz CT molecular complexity index is 440. The molecule has 0 saturated carbocycles. The molecule has 0 bridgehead atoms. The minimum absolute atomic E-state index is 0.275. The van der Waals surface area contributed by atoms with E-state index in [1.54, 1.807) is 0 Å². The third kappa shape index (κ3) is 12.0. The molecular weight excluding hydrogens is 376 g/mol. The van der Waals surface area contributed by atoms with E-state index in [1.807, 2.05) is 0 Å². The lowest BCUT2D eigenvalue weighted by atomic mass is 9.88. The van der Waals surface area contributed by atoms with E-state index in [2.05, 4.69) is 12.1 Å². The zero-order chi connectivity index (χ0) is 21.9. The van der Waals surface area contributed by atoms with Crippen molar-refractivity contribution in [3.63, 3.8) is 0 Å². The van der Waals surface area contributed by atoms with E-state index in [0.717, 1.165) is 103 Å². The Kier molecular flexibility index (Phi) is 17.0. The second-order valence-electron chi connectivity index (χ2n) is 8.53. The van der Waals surface area contributed by atoms with E-state index in [-0.39, 0.29) is 26.4 Å². The summed E-state index contributed by atoms with van der Waals surface area (Å²) in [4.78, 5) is 0. The topological polar surface area (TPSA) is 80.9 Å². The van der Waals surface area contributed by atoms with Crippen molar-refractivity contribution in [2.45, 2.75) is 103 Å². The van der Waals surface area contributed by atoms with E-state index in [0.29, 0.717) is 0 Å². The van der Waals surface area contributed by atoms with Crippen LogP contribution < -0.4 is 0 Å². The van der Waals surface area contributed by atoms with Gasteiger partial charge in [0.05, 0.1) is 0 Å². The van der Waals surface area contributed by atoms with Gasteiger partial charge in [0.1, 0.15) is 0 Å². The first-order valence-electron chi connectivity index (χ1n) is 12.3. The highest BCUT2D eigenvalue weighted by Gasteiger charge is 2.11. The van der Waals surface area contributed by atoms with Crippen LogP contribution in [-0.4, -0.2) is 46.9 Å². The van der Waals surface area contributed by atoms with Gasteiger partial charge in [-0.2, -0.15) is 0 Å². The number of hydrogen-bond donors (Lipinski definition) is 4. The standard InChI is InChI=1S/C26H46O4/c27-17-9-1-5-13-23-21-25(15-7-3-11-19-29)26(16-8-4-12-20-30)22-24(23)14-6-2-10-18-28/h21-22,27-30H,1-20H2. The van der Waals surface area contributed by atoms with Crippen molar-refractivity contribution >= 4 is 0 Å². The number of aryl methyl sites for hydroxylation is 4. The number of benzene rings is 1. The van der Waals surface area contributed by atoms with E-state index in [4.69, 9.17) is 20.4 Å². The Labute approximate surface area is 184 Å². The lowest BCUT2D eigenvalue weighted by Gasteiger charge is -2.17. The molecule has 30 heavy (non-hydrogen) atoms. The molecule has 4 heteroatoms. The predicted octanol–water partition coefficient (Wildman–Crippen LogP) is 4.51. The number of rotatable bonds is 20. The number of aliphatic hydroxyl groups excluding tert-OH is 4. The molecular formula is C26H46O4. The van der Waals surface area contributed by atoms with Crippen LogP contribution in [0.1, 0.15) is 99.3 Å². The lowest BCUT2D eigenvalue weighted by molar-refractivity contribution is 0.282. The van der Waals surface area contributed by atoms with Crippen LogP contribution in [0.15, 0.2) is 12.1 Å². The molecule has 1 rings (SSSR count). The van der Waals surface area contributed by atoms with Gasteiger partial charge in [0, 0.05) is 26.4 Å². The molecule has 1 aromatic rings. The van der Waals surface area contributed by atoms with Crippen LogP contribution in [0, 0.1) is 0 Å². The summed E-state index contributed by atoms with van der Waals surface area (Å²) in [7, 11) is 0. The maximum atomic E-state index is 9.07. The van der Waals surface area contributed by atoms with Gasteiger partial charge in [-0.1, -0.05) is 37.8 Å². The van der Waals surface area contributed by atoms with Gasteiger partial charge in [0.2, 0.25) is 0 Å². The highest BCUT2D eigenvalue weighted by molar-refractivity contribution is 5.39. The summed E-state index contributed by atoms with van der Waals surface area (Å²) in [6.45, 7) is 1.10. The number of unbranched alkanes of at least 4 members (excludes halogenated alkanes) is 8. The van der Waals surface area contributed by atoms with Crippen LogP contribution in [0.4, 0.5) is 0 Å². The molecule has 0 spiro atoms. The fraction of sp³-hybridized carbons (Fsp3) is 0.769. The van der Waals surface area contributed by atoms with Gasteiger partial charge in [-0.25, -0.2) is 0 Å². The summed E-state index contributed by atoms with van der Waals surface area (Å²) in [5.41, 5.74) is 5.86. The van der Waals surface area contributed by atoms with Crippen molar-refractivity contribution in [2.75, 3.05) is 26.4 Å². The van der Waals surface area contributed by atoms with Gasteiger partial charge in [0.25, 0.3) is 0 Å². The SMILES string of the molecule is OCCCCCc1cc(CCCCCO)c(CCCCCO)cc1CCCCCO. The van der Waals surface area contributed by atoms with Crippen LogP contribution in [0.2, 0.25) is 0 Å². The van der Waals surface area contributed by atoms with Crippen LogP contribution >= 0.6 is 0 Å². The molecule has 4 N–H and O–H groups in total. The Morgan fingerprint density at radius 1 is 0.333 bits per heavy atom. The van der Waals surface area contributed by atoms with Crippen molar-refractivity contribution in [3.8, 4) is 0 Å². The molecule has 4 nitrogen and oxygen atoms in total. The molecule has 0 aliphatic rings. The summed E-state index contributed by atoms with van der Waals surface area (Å²) in [5, 5.41) is 36.3. The first kappa shape index (κ1) is 27.1. The Morgan fingerprint density at radius 2 is 0.567 bits per heavy atom. The molecule has 1 aromatic carbocycles. The number of hydrogen-bond acceptors (Lipinski definition) is 4. The van der Waals surface area contributed by atoms with Gasteiger partial charge < -0.3 is 20.4 Å². The summed E-state index contributed by atoms with van der Waals surface area (Å²) >= 11 is 0. The van der Waals surface area contributed by atoms with E-state index < -0.39 is 0 Å². The summed E-state index contributed by atoms with van der Waals surface area (Å²) in [6.07, 6.45) is 16.5. The molecule has 0 heterocycles. The molecule has 0 unspecified atom stereocenters. The molecule has 0 aliphatic heterocycles. The van der Waals surface area contributed by atoms with Gasteiger partial charge >= 0.3 is 0 Å². The highest BCUT2D eigenvalue weighted by atomic mass is 16.3. The van der Waals surface area contributed by atoms with Gasteiger partial charge in [-0.05, 0) is 99.3 Å². The Balaban J connectivity index is 2.93. The first-order valence-corrected chi connectivity index (χ1v) is 12.3. The minimum atomic E-state index is 0.275. The third-order valence-electron chi connectivity index (χ3n) is 5.94. The first-order chi connectivity index (χ1) is 14.8. The maximum absolute atomic E-state index is 9.07. The van der Waals surface area contributed by atoms with Crippen LogP contribution in [0.3, 0.4) is 0 Å². The molecule has 0 atom stereocenters. The van der Waals surface area contributed by atoms with E-state index >= 15 is 0 Å². The Hall–Kier alpha value is -0.940. The van der Waals surface area contributed by atoms with Crippen molar-refractivity contribution in [2.24, 2.45) is 0 Å². The second-order valence-corrected chi connectivity index (χ2v) is 8.53. The normalized spacial score (nSPS) is 11.3. The van der Waals surface area contributed by atoms with Crippen molar-refractivity contribution in [1.82, 2.24) is 0 Å². The van der Waals surface area contributed by atoms with Crippen molar-refractivity contribution in [3.05, 3.63) is 34.4 Å². The van der Waals surface area contributed by atoms with E-state index in [9.17, 15) is 0 Å². The van der Waals surface area contributed by atoms with Gasteiger partial charge in [-0.3, -0.25) is 0 Å². The lowest BCUT2D eigenvalue weighted by Crippen LogP contribution is -2.04. The fourth-order valence-electron chi connectivity index (χ4n) is 4.14. The predicted molar refractivity (Wildman–Crippen MR) is 125 cm³/mol. The molecule has 0 aliphatic carbocycles. The molecule has 0 amide bonds. The van der Waals surface area contributed by atoms with E-state index in [1.165, 1.54) is 22.3 Å². The average molecular weight is 423 g/mol. The summed E-state index contributed by atoms with van der Waals surface area (Å²) in [6, 6.07) is 4.89. The highest BCUT2D eigenvalue weighted by Crippen LogP contribution is 2.25. The Morgan fingerprint density at radius 3 is 0.767 bits per heavy atom. The number of aliphatic hydroxyl groups is 4. The van der Waals surface area contributed by atoms with Crippen molar-refractivity contribution in [1.29, 1.82) is 0 Å². The quantitative estimate of drug-likeness (QED) is 0.233. The zero-order valence-electron chi connectivity index (χ0n) is 19.1. The summed E-state index contributed by atoms with van der Waals surface area (Å²) in [5.74, 6) is 0. The molecule has 0 aromatic heterocycles. The third-order valence-corrected chi connectivity index (χ3v) is 5.94. The van der Waals surface area contributed by atoms with Crippen LogP contribution in [-0.2, 0) is 25.7 Å². The van der Waals surface area contributed by atoms with Crippen LogP contribution in [0.25, 0.3) is 0 Å². The molecule has 0 radical (unpaired) electrons. The van der Waals surface area contributed by atoms with Gasteiger partial charge in [0.15, 0.2) is 0 Å². The molecule has 0 fully saturated rings. The molecule has 0 saturated heterocycles. The average Bonchev–Trinajstić information content (AvgIpc) is 2.76. The zero-order valence-corrected chi connectivity index (χ0v) is 19.1. The van der Waals surface area contributed by atoms with Crippen molar-refractivity contribution < 1.29 is 20.4 Å².